The fraction of sp³-hybridized carbons (Fsp3) is 0.381. The fourth-order valence-electron chi connectivity index (χ4n) is 3.86. The summed E-state index contributed by atoms with van der Waals surface area (Å²) in [4.78, 5) is 14.6. The number of piperidine rings is 1. The zero-order chi connectivity index (χ0) is 19.5. The van der Waals surface area contributed by atoms with E-state index in [1.54, 1.807) is 6.20 Å². The Labute approximate surface area is 165 Å². The Bertz CT molecular complexity index is 907. The summed E-state index contributed by atoms with van der Waals surface area (Å²) < 4.78 is 3.76. The molecule has 0 bridgehead atoms. The van der Waals surface area contributed by atoms with Crippen molar-refractivity contribution in [2.75, 3.05) is 13.1 Å². The molecule has 3 heterocycles. The molecule has 0 spiro atoms. The van der Waals surface area contributed by atoms with Gasteiger partial charge in [0.1, 0.15) is 0 Å². The van der Waals surface area contributed by atoms with E-state index in [4.69, 9.17) is 0 Å². The van der Waals surface area contributed by atoms with Crippen LogP contribution < -0.4 is 5.32 Å². The molecule has 1 fully saturated rings. The summed E-state index contributed by atoms with van der Waals surface area (Å²) in [5.41, 5.74) is 3.34. The lowest BCUT2D eigenvalue weighted by Gasteiger charge is -2.33. The van der Waals surface area contributed by atoms with Gasteiger partial charge in [0.15, 0.2) is 0 Å². The SMILES string of the molecule is CC(NC(=O)N1CCC(c2ccnn2C)CC1)c1ccc(-n2cccn2)cc1. The average molecular weight is 378 g/mol. The number of benzene rings is 1. The van der Waals surface area contributed by atoms with Gasteiger partial charge >= 0.3 is 6.03 Å². The molecular formula is C21H26N6O. The minimum absolute atomic E-state index is 0.00658. The molecule has 1 aromatic carbocycles. The monoisotopic (exact) mass is 378 g/mol. The number of carbonyl (C=O) groups is 1. The van der Waals surface area contributed by atoms with E-state index in [1.807, 2.05) is 71.0 Å². The molecule has 28 heavy (non-hydrogen) atoms. The van der Waals surface area contributed by atoms with Crippen molar-refractivity contribution in [2.24, 2.45) is 7.05 Å². The standard InChI is InChI=1S/C21H26N6O/c1-16(17-4-6-19(7-5-17)27-13-3-11-23-27)24-21(28)26-14-9-18(10-15-26)20-8-12-22-25(20)2/h3-8,11-13,16,18H,9-10,14-15H2,1-2H3,(H,24,28). The topological polar surface area (TPSA) is 68.0 Å². The van der Waals surface area contributed by atoms with Gasteiger partial charge in [-0.3, -0.25) is 4.68 Å². The average Bonchev–Trinajstić information content (AvgIpc) is 3.40. The second-order valence-electron chi connectivity index (χ2n) is 7.35. The quantitative estimate of drug-likeness (QED) is 0.758. The second kappa shape index (κ2) is 7.88. The lowest BCUT2D eigenvalue weighted by molar-refractivity contribution is 0.177. The zero-order valence-corrected chi connectivity index (χ0v) is 16.3. The van der Waals surface area contributed by atoms with Gasteiger partial charge in [-0.1, -0.05) is 12.1 Å². The van der Waals surface area contributed by atoms with Gasteiger partial charge in [-0.05, 0) is 49.6 Å². The van der Waals surface area contributed by atoms with E-state index in [-0.39, 0.29) is 12.1 Å². The van der Waals surface area contributed by atoms with Crippen molar-refractivity contribution in [3.63, 3.8) is 0 Å². The van der Waals surface area contributed by atoms with Gasteiger partial charge < -0.3 is 10.2 Å². The number of hydrogen-bond donors (Lipinski definition) is 1. The van der Waals surface area contributed by atoms with Crippen molar-refractivity contribution in [3.8, 4) is 5.69 Å². The van der Waals surface area contributed by atoms with Crippen molar-refractivity contribution in [2.45, 2.75) is 31.7 Å². The first kappa shape index (κ1) is 18.3. The number of aryl methyl sites for hydroxylation is 1. The lowest BCUT2D eigenvalue weighted by Crippen LogP contribution is -2.45. The predicted molar refractivity (Wildman–Crippen MR) is 107 cm³/mol. The molecule has 1 N–H and O–H groups in total. The molecule has 3 aromatic rings. The number of amides is 2. The molecule has 0 aliphatic carbocycles. The minimum atomic E-state index is -0.0473. The summed E-state index contributed by atoms with van der Waals surface area (Å²) in [5, 5.41) is 11.6. The van der Waals surface area contributed by atoms with Gasteiger partial charge in [0, 0.05) is 50.3 Å². The number of likely N-dealkylation sites (tertiary alicyclic amines) is 1. The van der Waals surface area contributed by atoms with E-state index in [9.17, 15) is 4.79 Å². The molecule has 0 radical (unpaired) electrons. The summed E-state index contributed by atoms with van der Waals surface area (Å²) in [7, 11) is 1.98. The maximum atomic E-state index is 12.7. The Kier molecular flexibility index (Phi) is 5.14. The van der Waals surface area contributed by atoms with Crippen LogP contribution in [0, 0.1) is 0 Å². The largest absolute Gasteiger partial charge is 0.331 e. The van der Waals surface area contributed by atoms with Crippen molar-refractivity contribution < 1.29 is 4.79 Å². The highest BCUT2D eigenvalue weighted by Crippen LogP contribution is 2.27. The summed E-state index contributed by atoms with van der Waals surface area (Å²) in [6.45, 7) is 3.56. The molecule has 7 heteroatoms. The number of aromatic nitrogens is 4. The van der Waals surface area contributed by atoms with Crippen LogP contribution in [0.5, 0.6) is 0 Å². The molecule has 1 aliphatic rings. The molecule has 146 valence electrons. The molecular weight excluding hydrogens is 352 g/mol. The second-order valence-corrected chi connectivity index (χ2v) is 7.35. The third kappa shape index (κ3) is 3.78. The van der Waals surface area contributed by atoms with Crippen molar-refractivity contribution in [1.29, 1.82) is 0 Å². The molecule has 1 saturated heterocycles. The molecule has 1 aliphatic heterocycles. The lowest BCUT2D eigenvalue weighted by atomic mass is 9.93. The maximum absolute atomic E-state index is 12.7. The van der Waals surface area contributed by atoms with Gasteiger partial charge in [-0.25, -0.2) is 9.48 Å². The number of rotatable bonds is 4. The van der Waals surface area contributed by atoms with Crippen molar-refractivity contribution >= 4 is 6.03 Å². The van der Waals surface area contributed by atoms with Crippen LogP contribution >= 0.6 is 0 Å². The number of nitrogens with zero attached hydrogens (tertiary/aromatic N) is 5. The predicted octanol–water partition coefficient (Wildman–Crippen LogP) is 3.26. The Morgan fingerprint density at radius 3 is 2.46 bits per heavy atom. The van der Waals surface area contributed by atoms with Gasteiger partial charge in [-0.15, -0.1) is 0 Å². The maximum Gasteiger partial charge on any atom is 0.317 e. The van der Waals surface area contributed by atoms with Crippen LogP contribution in [0.1, 0.15) is 43.0 Å². The van der Waals surface area contributed by atoms with Crippen molar-refractivity contribution in [1.82, 2.24) is 29.8 Å². The van der Waals surface area contributed by atoms with Crippen LogP contribution in [0.2, 0.25) is 0 Å². The molecule has 0 saturated carbocycles. The van der Waals surface area contributed by atoms with Crippen molar-refractivity contribution in [3.05, 3.63) is 66.2 Å². The normalized spacial score (nSPS) is 16.1. The van der Waals surface area contributed by atoms with Gasteiger partial charge in [0.25, 0.3) is 0 Å². The van der Waals surface area contributed by atoms with E-state index in [1.165, 1.54) is 5.69 Å². The van der Waals surface area contributed by atoms with Crippen LogP contribution in [-0.2, 0) is 7.05 Å². The van der Waals surface area contributed by atoms with E-state index in [0.29, 0.717) is 5.92 Å². The van der Waals surface area contributed by atoms with Gasteiger partial charge in [0.05, 0.1) is 11.7 Å². The number of hydrogen-bond acceptors (Lipinski definition) is 3. The first-order valence-corrected chi connectivity index (χ1v) is 9.75. The van der Waals surface area contributed by atoms with Crippen LogP contribution in [0.4, 0.5) is 4.79 Å². The highest BCUT2D eigenvalue weighted by molar-refractivity contribution is 5.74. The highest BCUT2D eigenvalue weighted by atomic mass is 16.2. The van der Waals surface area contributed by atoms with Crippen LogP contribution in [0.3, 0.4) is 0 Å². The van der Waals surface area contributed by atoms with Crippen LogP contribution in [0.25, 0.3) is 5.69 Å². The number of nitrogens with one attached hydrogen (secondary N) is 1. The first-order valence-electron chi connectivity index (χ1n) is 9.75. The van der Waals surface area contributed by atoms with Gasteiger partial charge in [-0.2, -0.15) is 10.2 Å². The first-order chi connectivity index (χ1) is 13.6. The Hall–Kier alpha value is -3.09. The molecule has 1 atom stereocenters. The number of carbonyl (C=O) groups excluding carboxylic acids is 1. The highest BCUT2D eigenvalue weighted by Gasteiger charge is 2.26. The Balaban J connectivity index is 1.32. The third-order valence-electron chi connectivity index (χ3n) is 5.56. The minimum Gasteiger partial charge on any atom is -0.331 e. The van der Waals surface area contributed by atoms with Gasteiger partial charge in [0.2, 0.25) is 0 Å². The summed E-state index contributed by atoms with van der Waals surface area (Å²) in [5.74, 6) is 0.476. The van der Waals surface area contributed by atoms with E-state index in [2.05, 4.69) is 21.6 Å². The fourth-order valence-corrected chi connectivity index (χ4v) is 3.86. The molecule has 4 rings (SSSR count). The summed E-state index contributed by atoms with van der Waals surface area (Å²) in [6.07, 6.45) is 7.46. The summed E-state index contributed by atoms with van der Waals surface area (Å²) in [6, 6.07) is 12.0. The Morgan fingerprint density at radius 1 is 1.11 bits per heavy atom. The molecule has 2 amide bonds. The van der Waals surface area contributed by atoms with Crippen LogP contribution in [-0.4, -0.2) is 43.6 Å². The van der Waals surface area contributed by atoms with E-state index >= 15 is 0 Å². The summed E-state index contributed by atoms with van der Waals surface area (Å²) >= 11 is 0. The Morgan fingerprint density at radius 2 is 1.86 bits per heavy atom. The molecule has 2 aromatic heterocycles. The zero-order valence-electron chi connectivity index (χ0n) is 16.3. The molecule has 7 nitrogen and oxygen atoms in total. The van der Waals surface area contributed by atoms with Crippen LogP contribution in [0.15, 0.2) is 55.0 Å². The third-order valence-corrected chi connectivity index (χ3v) is 5.56. The number of urea groups is 1. The molecule has 1 unspecified atom stereocenters. The van der Waals surface area contributed by atoms with E-state index < -0.39 is 0 Å². The smallest absolute Gasteiger partial charge is 0.317 e. The van der Waals surface area contributed by atoms with E-state index in [0.717, 1.165) is 37.2 Å².